The smallest absolute Gasteiger partial charge is 0.278 e. The Hall–Kier alpha value is -2.04. The van der Waals surface area contributed by atoms with Crippen LogP contribution in [0.25, 0.3) is 0 Å². The molecule has 2 saturated heterocycles. The number of nitrogens with one attached hydrogen (secondary N) is 1. The molecular weight excluding hydrogens is 360 g/mol. The Morgan fingerprint density at radius 3 is 2.63 bits per heavy atom. The van der Waals surface area contributed by atoms with Crippen LogP contribution in [-0.2, 0) is 11.3 Å². The minimum absolute atomic E-state index is 0.0853. The van der Waals surface area contributed by atoms with Crippen LogP contribution >= 0.6 is 12.6 Å². The van der Waals surface area contributed by atoms with E-state index in [9.17, 15) is 14.9 Å². The number of hydrogen-bond acceptors (Lipinski definition) is 4. The summed E-state index contributed by atoms with van der Waals surface area (Å²) in [5.74, 6) is 0.482. The Kier molecular flexibility index (Phi) is 5.78. The molecule has 7 heteroatoms. The molecule has 2 amide bonds. The van der Waals surface area contributed by atoms with Gasteiger partial charge in [0.15, 0.2) is 0 Å². The van der Waals surface area contributed by atoms with Crippen molar-refractivity contribution < 1.29 is 9.59 Å². The molecule has 1 unspecified atom stereocenters. The van der Waals surface area contributed by atoms with Crippen LogP contribution in [0.1, 0.15) is 44.2 Å². The first-order valence-electron chi connectivity index (χ1n) is 9.41. The zero-order chi connectivity index (χ0) is 19.6. The number of rotatable bonds is 4. The average Bonchev–Trinajstić information content (AvgIpc) is 2.87. The highest BCUT2D eigenvalue weighted by molar-refractivity contribution is 7.96. The Labute approximate surface area is 165 Å². The lowest BCUT2D eigenvalue weighted by molar-refractivity contribution is -0.134. The molecule has 2 heterocycles. The van der Waals surface area contributed by atoms with Gasteiger partial charge in [0.1, 0.15) is 0 Å². The summed E-state index contributed by atoms with van der Waals surface area (Å²) >= 11 is 3.93. The van der Waals surface area contributed by atoms with Crippen molar-refractivity contribution in [1.29, 1.82) is 5.26 Å². The number of thiol groups is 1. The second kappa shape index (κ2) is 7.91. The number of hydrogen-bond donors (Lipinski definition) is 2. The highest BCUT2D eigenvalue weighted by atomic mass is 32.1. The highest BCUT2D eigenvalue weighted by Gasteiger charge is 2.51. The van der Waals surface area contributed by atoms with E-state index in [1.807, 2.05) is 23.1 Å². The van der Waals surface area contributed by atoms with Gasteiger partial charge >= 0.3 is 0 Å². The fourth-order valence-corrected chi connectivity index (χ4v) is 4.34. The normalized spacial score (nSPS) is 21.7. The second-order valence-corrected chi connectivity index (χ2v) is 8.20. The van der Waals surface area contributed by atoms with Crippen LogP contribution in [0.3, 0.4) is 0 Å². The van der Waals surface area contributed by atoms with Crippen LogP contribution < -0.4 is 5.32 Å². The number of benzene rings is 1. The van der Waals surface area contributed by atoms with Crippen molar-refractivity contribution in [3.05, 3.63) is 35.4 Å². The summed E-state index contributed by atoms with van der Waals surface area (Å²) in [7, 11) is 0. The minimum Gasteiger partial charge on any atom is -0.334 e. The van der Waals surface area contributed by atoms with Crippen LogP contribution in [0.15, 0.2) is 24.3 Å². The Morgan fingerprint density at radius 1 is 1.37 bits per heavy atom. The molecule has 0 radical (unpaired) electrons. The summed E-state index contributed by atoms with van der Waals surface area (Å²) in [5.41, 5.74) is 0.974. The van der Waals surface area contributed by atoms with Gasteiger partial charge in [0.25, 0.3) is 5.24 Å². The lowest BCUT2D eigenvalue weighted by Crippen LogP contribution is -2.59. The molecule has 2 fully saturated rings. The molecule has 2 aliphatic rings. The number of nitrogens with zero attached hydrogens (tertiary/aromatic N) is 3. The predicted molar refractivity (Wildman–Crippen MR) is 106 cm³/mol. The molecule has 1 aromatic carbocycles. The number of nitriles is 1. The third kappa shape index (κ3) is 3.97. The number of amides is 2. The number of carbonyl (C=O) groups excluding carboxylic acids is 2. The van der Waals surface area contributed by atoms with Gasteiger partial charge in [-0.25, -0.2) is 0 Å². The highest BCUT2D eigenvalue weighted by Crippen LogP contribution is 2.35. The van der Waals surface area contributed by atoms with Crippen molar-refractivity contribution in [3.8, 4) is 6.07 Å². The molecular formula is C20H26N4O2S. The number of likely N-dealkylation sites (tertiary alicyclic amines) is 1. The largest absolute Gasteiger partial charge is 0.334 e. The Bertz CT molecular complexity index is 765. The first-order chi connectivity index (χ1) is 12.9. The molecule has 2 aliphatic heterocycles. The van der Waals surface area contributed by atoms with Crippen molar-refractivity contribution in [2.75, 3.05) is 13.1 Å². The van der Waals surface area contributed by atoms with Gasteiger partial charge in [-0.15, -0.1) is 0 Å². The van der Waals surface area contributed by atoms with Crippen LogP contribution in [0.4, 0.5) is 4.79 Å². The van der Waals surface area contributed by atoms with E-state index in [1.165, 1.54) is 0 Å². The Morgan fingerprint density at radius 2 is 2.04 bits per heavy atom. The maximum Gasteiger partial charge on any atom is 0.278 e. The van der Waals surface area contributed by atoms with Gasteiger partial charge in [0.05, 0.1) is 23.3 Å². The molecule has 0 bridgehead atoms. The predicted octanol–water partition coefficient (Wildman–Crippen LogP) is 2.75. The molecule has 0 aliphatic carbocycles. The molecule has 27 heavy (non-hydrogen) atoms. The quantitative estimate of drug-likeness (QED) is 0.780. The molecule has 0 saturated carbocycles. The maximum absolute atomic E-state index is 13.2. The first-order valence-corrected chi connectivity index (χ1v) is 9.86. The van der Waals surface area contributed by atoms with Crippen LogP contribution in [-0.4, -0.2) is 45.7 Å². The van der Waals surface area contributed by atoms with Crippen LogP contribution in [0, 0.1) is 17.2 Å². The Balaban J connectivity index is 1.88. The molecule has 1 spiro atoms. The average molecular weight is 387 g/mol. The van der Waals surface area contributed by atoms with Crippen molar-refractivity contribution in [2.24, 2.45) is 5.92 Å². The van der Waals surface area contributed by atoms with Gasteiger partial charge in [0.2, 0.25) is 5.91 Å². The lowest BCUT2D eigenvalue weighted by Gasteiger charge is -2.44. The minimum atomic E-state index is -0.473. The zero-order valence-electron chi connectivity index (χ0n) is 15.8. The SMILES string of the molecule is CC(C)CC1NC2(CCN(C(=O)S)CC2)N(Cc2ccccc2C#N)C1=O. The molecule has 3 rings (SSSR count). The molecule has 6 nitrogen and oxygen atoms in total. The summed E-state index contributed by atoms with van der Waals surface area (Å²) in [6.07, 6.45) is 2.09. The second-order valence-electron chi connectivity index (χ2n) is 7.82. The first kappa shape index (κ1) is 19.7. The van der Waals surface area contributed by atoms with Crippen molar-refractivity contribution in [3.63, 3.8) is 0 Å². The van der Waals surface area contributed by atoms with E-state index in [4.69, 9.17) is 0 Å². The number of piperidine rings is 1. The van der Waals surface area contributed by atoms with Crippen LogP contribution in [0.2, 0.25) is 0 Å². The van der Waals surface area contributed by atoms with E-state index in [1.54, 1.807) is 11.0 Å². The van der Waals surface area contributed by atoms with E-state index in [2.05, 4.69) is 37.9 Å². The van der Waals surface area contributed by atoms with Gasteiger partial charge in [-0.2, -0.15) is 5.26 Å². The zero-order valence-corrected chi connectivity index (χ0v) is 16.7. The van der Waals surface area contributed by atoms with Gasteiger partial charge < -0.3 is 9.80 Å². The molecule has 144 valence electrons. The van der Waals surface area contributed by atoms with Crippen molar-refractivity contribution >= 4 is 23.8 Å². The third-order valence-electron chi connectivity index (χ3n) is 5.56. The molecule has 1 atom stereocenters. The summed E-state index contributed by atoms with van der Waals surface area (Å²) in [4.78, 5) is 28.4. The van der Waals surface area contributed by atoms with Gasteiger partial charge in [0, 0.05) is 32.5 Å². The topological polar surface area (TPSA) is 76.4 Å². The van der Waals surface area contributed by atoms with Gasteiger partial charge in [-0.05, 0) is 24.0 Å². The monoisotopic (exact) mass is 386 g/mol. The van der Waals surface area contributed by atoms with E-state index in [0.29, 0.717) is 44.0 Å². The van der Waals surface area contributed by atoms with Crippen molar-refractivity contribution in [2.45, 2.75) is 51.4 Å². The maximum atomic E-state index is 13.2. The van der Waals surface area contributed by atoms with Gasteiger partial charge in [-0.3, -0.25) is 14.9 Å². The summed E-state index contributed by atoms with van der Waals surface area (Å²) in [5, 5.41) is 12.8. The van der Waals surface area contributed by atoms with E-state index in [-0.39, 0.29) is 17.2 Å². The molecule has 1 N–H and O–H groups in total. The van der Waals surface area contributed by atoms with E-state index < -0.39 is 5.66 Å². The van der Waals surface area contributed by atoms with Crippen molar-refractivity contribution in [1.82, 2.24) is 15.1 Å². The van der Waals surface area contributed by atoms with E-state index >= 15 is 0 Å². The van der Waals surface area contributed by atoms with Gasteiger partial charge in [-0.1, -0.05) is 44.7 Å². The summed E-state index contributed by atoms with van der Waals surface area (Å²) < 4.78 is 0. The third-order valence-corrected chi connectivity index (χ3v) is 5.84. The van der Waals surface area contributed by atoms with Crippen LogP contribution in [0.5, 0.6) is 0 Å². The summed E-state index contributed by atoms with van der Waals surface area (Å²) in [6.45, 7) is 5.74. The summed E-state index contributed by atoms with van der Waals surface area (Å²) in [6, 6.07) is 9.41. The van der Waals surface area contributed by atoms with E-state index in [0.717, 1.165) is 12.0 Å². The fraction of sp³-hybridized carbons (Fsp3) is 0.550. The number of carbonyl (C=O) groups is 2. The standard InChI is InChI=1S/C20H26N4O2S/c1-14(2)11-17-18(25)24(13-16-6-4-3-5-15(16)12-21)20(22-17)7-9-23(10-8-20)19(26)27/h3-6,14,17,22H,7-11,13H2,1-2H3,(H,26,27). The fourth-order valence-electron chi connectivity index (χ4n) is 4.14. The molecule has 0 aromatic heterocycles. The lowest BCUT2D eigenvalue weighted by atomic mass is 9.95. The molecule has 1 aromatic rings.